The van der Waals surface area contributed by atoms with Crippen LogP contribution in [0.2, 0.25) is 5.02 Å². The van der Waals surface area contributed by atoms with Gasteiger partial charge in [0, 0.05) is 15.1 Å². The van der Waals surface area contributed by atoms with Crippen LogP contribution in [-0.2, 0) is 6.42 Å². The zero-order valence-corrected chi connectivity index (χ0v) is 10.6. The van der Waals surface area contributed by atoms with E-state index < -0.39 is 0 Å². The number of nitrogens with one attached hydrogen (secondary N) is 1. The first kappa shape index (κ1) is 11.2. The van der Waals surface area contributed by atoms with Gasteiger partial charge in [0.15, 0.2) is 0 Å². The number of halogens is 2. The van der Waals surface area contributed by atoms with Crippen molar-refractivity contribution >= 4 is 27.5 Å². The molecule has 2 rings (SSSR count). The van der Waals surface area contributed by atoms with Crippen molar-refractivity contribution in [2.24, 2.45) is 5.92 Å². The van der Waals surface area contributed by atoms with Gasteiger partial charge >= 0.3 is 0 Å². The van der Waals surface area contributed by atoms with Crippen molar-refractivity contribution in [2.45, 2.75) is 12.8 Å². The second-order valence-electron chi connectivity index (χ2n) is 3.95. The van der Waals surface area contributed by atoms with Crippen molar-refractivity contribution in [3.05, 3.63) is 27.2 Å². The van der Waals surface area contributed by atoms with Crippen molar-refractivity contribution < 1.29 is 5.11 Å². The third kappa shape index (κ3) is 2.65. The van der Waals surface area contributed by atoms with Gasteiger partial charge < -0.3 is 10.4 Å². The number of phenolic OH excluding ortho intramolecular Hbond substituents is 1. The molecule has 1 aliphatic heterocycles. The molecule has 1 aromatic rings. The molecule has 2 nitrogen and oxygen atoms in total. The van der Waals surface area contributed by atoms with Gasteiger partial charge in [-0.1, -0.05) is 27.5 Å². The van der Waals surface area contributed by atoms with Crippen molar-refractivity contribution in [2.75, 3.05) is 13.1 Å². The molecule has 0 radical (unpaired) electrons. The van der Waals surface area contributed by atoms with Gasteiger partial charge in [0.25, 0.3) is 0 Å². The fourth-order valence-electron chi connectivity index (χ4n) is 1.97. The lowest BCUT2D eigenvalue weighted by Crippen LogP contribution is -2.11. The van der Waals surface area contributed by atoms with Gasteiger partial charge in [0.2, 0.25) is 0 Å². The van der Waals surface area contributed by atoms with Gasteiger partial charge in [0.1, 0.15) is 5.75 Å². The van der Waals surface area contributed by atoms with Crippen LogP contribution in [0.25, 0.3) is 0 Å². The Balaban J connectivity index is 2.19. The third-order valence-electron chi connectivity index (χ3n) is 2.79. The highest BCUT2D eigenvalue weighted by Crippen LogP contribution is 2.33. The summed E-state index contributed by atoms with van der Waals surface area (Å²) in [5, 5.41) is 13.7. The lowest BCUT2D eigenvalue weighted by Gasteiger charge is -2.12. The summed E-state index contributed by atoms with van der Waals surface area (Å²) in [6.45, 7) is 2.12. The van der Waals surface area contributed by atoms with Crippen LogP contribution in [0, 0.1) is 5.92 Å². The summed E-state index contributed by atoms with van der Waals surface area (Å²) < 4.78 is 0.902. The number of rotatable bonds is 2. The van der Waals surface area contributed by atoms with Gasteiger partial charge in [-0.25, -0.2) is 0 Å². The molecule has 0 amide bonds. The molecule has 1 saturated heterocycles. The Labute approximate surface area is 103 Å². The van der Waals surface area contributed by atoms with Crippen molar-refractivity contribution in [1.29, 1.82) is 0 Å². The maximum Gasteiger partial charge on any atom is 0.121 e. The number of phenols is 1. The van der Waals surface area contributed by atoms with Crippen LogP contribution < -0.4 is 5.32 Å². The zero-order chi connectivity index (χ0) is 10.8. The fourth-order valence-corrected chi connectivity index (χ4v) is 2.93. The summed E-state index contributed by atoms with van der Waals surface area (Å²) in [5.74, 6) is 0.912. The van der Waals surface area contributed by atoms with E-state index in [1.165, 1.54) is 6.42 Å². The molecule has 1 heterocycles. The maximum atomic E-state index is 9.80. The average molecular weight is 291 g/mol. The zero-order valence-electron chi connectivity index (χ0n) is 8.26. The van der Waals surface area contributed by atoms with Crippen LogP contribution >= 0.6 is 27.5 Å². The normalized spacial score (nSPS) is 20.8. The van der Waals surface area contributed by atoms with Crippen LogP contribution in [0.3, 0.4) is 0 Å². The topological polar surface area (TPSA) is 32.3 Å². The Morgan fingerprint density at radius 2 is 2.33 bits per heavy atom. The van der Waals surface area contributed by atoms with Gasteiger partial charge in [-0.2, -0.15) is 0 Å². The van der Waals surface area contributed by atoms with Crippen LogP contribution in [0.1, 0.15) is 12.0 Å². The molecule has 0 aliphatic carbocycles. The maximum absolute atomic E-state index is 9.80. The number of hydrogen-bond donors (Lipinski definition) is 2. The molecular weight excluding hydrogens is 277 g/mol. The lowest BCUT2D eigenvalue weighted by molar-refractivity contribution is 0.458. The van der Waals surface area contributed by atoms with E-state index in [-0.39, 0.29) is 0 Å². The van der Waals surface area contributed by atoms with Crippen LogP contribution in [0.15, 0.2) is 16.6 Å². The fraction of sp³-hybridized carbons (Fsp3) is 0.455. The van der Waals surface area contributed by atoms with E-state index in [9.17, 15) is 5.11 Å². The summed E-state index contributed by atoms with van der Waals surface area (Å²) in [6.07, 6.45) is 2.07. The molecule has 1 unspecified atom stereocenters. The molecule has 0 bridgehead atoms. The van der Waals surface area contributed by atoms with E-state index in [4.69, 9.17) is 11.6 Å². The number of aromatic hydroxyl groups is 1. The molecule has 1 aromatic carbocycles. The molecule has 0 spiro atoms. The molecule has 1 atom stereocenters. The minimum atomic E-state index is 0.293. The van der Waals surface area contributed by atoms with Crippen molar-refractivity contribution in [3.63, 3.8) is 0 Å². The second-order valence-corrected chi connectivity index (χ2v) is 5.24. The summed E-state index contributed by atoms with van der Waals surface area (Å²) in [4.78, 5) is 0. The SMILES string of the molecule is Oc1cc(Cl)cc(Br)c1CC1CCNC1. The highest BCUT2D eigenvalue weighted by atomic mass is 79.9. The predicted octanol–water partition coefficient (Wildman–Crippen LogP) is 2.96. The van der Waals surface area contributed by atoms with Crippen molar-refractivity contribution in [3.8, 4) is 5.75 Å². The molecule has 0 saturated carbocycles. The van der Waals surface area contributed by atoms with Crippen LogP contribution in [-0.4, -0.2) is 18.2 Å². The van der Waals surface area contributed by atoms with E-state index >= 15 is 0 Å². The number of benzene rings is 1. The first-order valence-corrected chi connectivity index (χ1v) is 6.21. The smallest absolute Gasteiger partial charge is 0.121 e. The largest absolute Gasteiger partial charge is 0.508 e. The minimum absolute atomic E-state index is 0.293. The highest BCUT2D eigenvalue weighted by molar-refractivity contribution is 9.10. The second kappa shape index (κ2) is 4.73. The molecule has 0 aromatic heterocycles. The number of hydrogen-bond acceptors (Lipinski definition) is 2. The molecule has 4 heteroatoms. The van der Waals surface area contributed by atoms with Crippen LogP contribution in [0.4, 0.5) is 0 Å². The first-order chi connectivity index (χ1) is 7.16. The van der Waals surface area contributed by atoms with E-state index in [0.29, 0.717) is 16.7 Å². The summed E-state index contributed by atoms with van der Waals surface area (Å²) in [5.41, 5.74) is 0.966. The monoisotopic (exact) mass is 289 g/mol. The minimum Gasteiger partial charge on any atom is -0.508 e. The Morgan fingerprint density at radius 1 is 1.53 bits per heavy atom. The first-order valence-electron chi connectivity index (χ1n) is 5.04. The summed E-state index contributed by atoms with van der Waals surface area (Å²) in [6, 6.07) is 3.43. The molecule has 1 fully saturated rings. The average Bonchev–Trinajstić information content (AvgIpc) is 2.63. The standard InChI is InChI=1S/C11H13BrClNO/c12-10-4-8(13)5-11(15)9(10)3-7-1-2-14-6-7/h4-5,7,14-15H,1-3,6H2. The Morgan fingerprint density at radius 3 is 2.93 bits per heavy atom. The Bertz CT molecular complexity index is 341. The Hall–Kier alpha value is -0.250. The van der Waals surface area contributed by atoms with E-state index in [1.54, 1.807) is 6.07 Å². The predicted molar refractivity (Wildman–Crippen MR) is 65.5 cm³/mol. The molecular formula is C11H13BrClNO. The van der Waals surface area contributed by atoms with E-state index in [0.717, 1.165) is 29.5 Å². The van der Waals surface area contributed by atoms with E-state index in [1.807, 2.05) is 6.07 Å². The highest BCUT2D eigenvalue weighted by Gasteiger charge is 2.18. The quantitative estimate of drug-likeness (QED) is 0.878. The van der Waals surface area contributed by atoms with Crippen LogP contribution in [0.5, 0.6) is 5.75 Å². The molecule has 15 heavy (non-hydrogen) atoms. The molecule has 82 valence electrons. The molecule has 1 aliphatic rings. The van der Waals surface area contributed by atoms with Gasteiger partial charge in [-0.15, -0.1) is 0 Å². The molecule has 2 N–H and O–H groups in total. The van der Waals surface area contributed by atoms with Gasteiger partial charge in [-0.05, 0) is 44.0 Å². The van der Waals surface area contributed by atoms with Gasteiger partial charge in [0.05, 0.1) is 0 Å². The summed E-state index contributed by atoms with van der Waals surface area (Å²) >= 11 is 9.28. The third-order valence-corrected chi connectivity index (χ3v) is 3.72. The van der Waals surface area contributed by atoms with E-state index in [2.05, 4.69) is 21.2 Å². The Kier molecular flexibility index (Phi) is 3.54. The van der Waals surface area contributed by atoms with Crippen molar-refractivity contribution in [1.82, 2.24) is 5.32 Å². The lowest BCUT2D eigenvalue weighted by atomic mass is 9.98. The van der Waals surface area contributed by atoms with Gasteiger partial charge in [-0.3, -0.25) is 0 Å². The summed E-state index contributed by atoms with van der Waals surface area (Å²) in [7, 11) is 0.